The molecule has 154 valence electrons. The number of pyridine rings is 1. The number of aryl methyl sites for hydroxylation is 2. The molecule has 0 N–H and O–H groups in total. The van der Waals surface area contributed by atoms with Gasteiger partial charge in [0, 0.05) is 30.9 Å². The molecular weight excluding hydrogens is 382 g/mol. The van der Waals surface area contributed by atoms with Gasteiger partial charge >= 0.3 is 0 Å². The Bertz CT molecular complexity index is 1180. The lowest BCUT2D eigenvalue weighted by Crippen LogP contribution is -2.30. The summed E-state index contributed by atoms with van der Waals surface area (Å²) in [6.07, 6.45) is 3.08. The predicted octanol–water partition coefficient (Wildman–Crippen LogP) is 3.39. The van der Waals surface area contributed by atoms with Gasteiger partial charge in [0.25, 0.3) is 5.91 Å². The first-order valence-corrected chi connectivity index (χ1v) is 9.69. The molecule has 0 spiro atoms. The second-order valence-corrected chi connectivity index (χ2v) is 7.12. The van der Waals surface area contributed by atoms with Crippen LogP contribution in [0.3, 0.4) is 0 Å². The lowest BCUT2D eigenvalue weighted by Gasteiger charge is -2.16. The zero-order chi connectivity index (χ0) is 21.1. The highest BCUT2D eigenvalue weighted by atomic mass is 16.5. The number of para-hydroxylation sites is 1. The van der Waals surface area contributed by atoms with E-state index in [1.165, 1.54) is 6.26 Å². The largest absolute Gasteiger partial charge is 0.482 e. The minimum atomic E-state index is -0.210. The number of hydrogen-bond acceptors (Lipinski definition) is 6. The maximum atomic E-state index is 12.6. The number of likely N-dealkylation sites (N-methyl/N-ethyl adjacent to an activating group) is 1. The van der Waals surface area contributed by atoms with E-state index in [0.717, 1.165) is 22.3 Å². The van der Waals surface area contributed by atoms with E-state index in [1.807, 2.05) is 54.9 Å². The second-order valence-electron chi connectivity index (χ2n) is 7.12. The van der Waals surface area contributed by atoms with Gasteiger partial charge in [-0.2, -0.15) is 5.10 Å². The van der Waals surface area contributed by atoms with Crippen molar-refractivity contribution in [1.29, 1.82) is 0 Å². The Labute approximate surface area is 174 Å². The van der Waals surface area contributed by atoms with Crippen LogP contribution in [0.5, 0.6) is 5.75 Å². The molecule has 0 fully saturated rings. The minimum Gasteiger partial charge on any atom is -0.482 e. The first-order chi connectivity index (χ1) is 14.5. The van der Waals surface area contributed by atoms with Crippen LogP contribution in [-0.2, 0) is 13.2 Å². The van der Waals surface area contributed by atoms with Crippen LogP contribution >= 0.6 is 0 Å². The Morgan fingerprint density at radius 1 is 1.23 bits per heavy atom. The van der Waals surface area contributed by atoms with Crippen LogP contribution in [0.2, 0.25) is 0 Å². The molecule has 1 amide bonds. The van der Waals surface area contributed by atoms with E-state index in [2.05, 4.69) is 15.1 Å². The van der Waals surface area contributed by atoms with Gasteiger partial charge < -0.3 is 14.1 Å². The quantitative estimate of drug-likeness (QED) is 0.468. The summed E-state index contributed by atoms with van der Waals surface area (Å²) in [6, 6.07) is 11.6. The Morgan fingerprint density at radius 2 is 2.07 bits per heavy atom. The summed E-state index contributed by atoms with van der Waals surface area (Å²) in [5.41, 5.74) is 3.05. The fourth-order valence-electron chi connectivity index (χ4n) is 3.25. The van der Waals surface area contributed by atoms with Crippen molar-refractivity contribution in [2.24, 2.45) is 0 Å². The number of oxazole rings is 1. The third-order valence-electron chi connectivity index (χ3n) is 4.81. The highest BCUT2D eigenvalue weighted by Crippen LogP contribution is 2.23. The fraction of sp³-hybridized carbons (Fsp3) is 0.273. The van der Waals surface area contributed by atoms with Crippen LogP contribution in [0.1, 0.15) is 27.8 Å². The maximum absolute atomic E-state index is 12.6. The number of hydrogen-bond donors (Lipinski definition) is 0. The van der Waals surface area contributed by atoms with Gasteiger partial charge in [0.15, 0.2) is 12.3 Å². The van der Waals surface area contributed by atoms with Crippen molar-refractivity contribution < 1.29 is 13.9 Å². The Kier molecular flexibility index (Phi) is 5.47. The van der Waals surface area contributed by atoms with E-state index in [-0.39, 0.29) is 18.2 Å². The van der Waals surface area contributed by atoms with Crippen LogP contribution in [-0.4, -0.2) is 44.1 Å². The summed E-state index contributed by atoms with van der Waals surface area (Å²) in [4.78, 5) is 22.9. The van der Waals surface area contributed by atoms with Crippen molar-refractivity contribution in [1.82, 2.24) is 24.6 Å². The lowest BCUT2D eigenvalue weighted by atomic mass is 10.2. The van der Waals surface area contributed by atoms with Gasteiger partial charge in [-0.1, -0.05) is 18.2 Å². The van der Waals surface area contributed by atoms with Crippen molar-refractivity contribution in [2.75, 3.05) is 13.6 Å². The number of carbonyl (C=O) groups is 1. The van der Waals surface area contributed by atoms with Crippen molar-refractivity contribution in [2.45, 2.75) is 27.0 Å². The Hall–Kier alpha value is -3.68. The molecule has 0 radical (unpaired) electrons. The SMILES string of the molecule is Cc1cc(C)n(CCN(C)C(=O)c2coc(COc3cccc4cccnc34)n2)n1. The molecule has 3 aromatic heterocycles. The molecule has 1 aromatic carbocycles. The first-order valence-electron chi connectivity index (χ1n) is 9.69. The molecule has 0 bridgehead atoms. The number of nitrogens with zero attached hydrogens (tertiary/aromatic N) is 5. The third kappa shape index (κ3) is 4.17. The highest BCUT2D eigenvalue weighted by molar-refractivity contribution is 5.91. The van der Waals surface area contributed by atoms with Gasteiger partial charge in [-0.3, -0.25) is 14.5 Å². The van der Waals surface area contributed by atoms with Crippen LogP contribution in [0.25, 0.3) is 10.9 Å². The summed E-state index contributed by atoms with van der Waals surface area (Å²) in [5.74, 6) is 0.762. The standard InChI is InChI=1S/C22H23N5O3/c1-15-12-16(2)27(25-15)11-10-26(3)22(28)18-13-30-20(24-18)14-29-19-8-4-6-17-7-5-9-23-21(17)19/h4-9,12-13H,10-11,14H2,1-3H3. The molecule has 8 nitrogen and oxygen atoms in total. The smallest absolute Gasteiger partial charge is 0.275 e. The topological polar surface area (TPSA) is 86.3 Å². The molecule has 0 unspecified atom stereocenters. The molecular formula is C22H23N5O3. The number of benzene rings is 1. The number of amides is 1. The monoisotopic (exact) mass is 405 g/mol. The normalized spacial score (nSPS) is 11.0. The second kappa shape index (κ2) is 8.36. The molecule has 4 aromatic rings. The predicted molar refractivity (Wildman–Crippen MR) is 111 cm³/mol. The molecule has 30 heavy (non-hydrogen) atoms. The number of carbonyl (C=O) groups excluding carboxylic acids is 1. The van der Waals surface area contributed by atoms with Gasteiger partial charge in [-0.15, -0.1) is 0 Å². The molecule has 0 aliphatic rings. The summed E-state index contributed by atoms with van der Waals surface area (Å²) in [5, 5.41) is 5.40. The van der Waals surface area contributed by atoms with E-state index in [1.54, 1.807) is 18.1 Å². The minimum absolute atomic E-state index is 0.110. The van der Waals surface area contributed by atoms with Crippen LogP contribution in [0.15, 0.2) is 53.3 Å². The summed E-state index contributed by atoms with van der Waals surface area (Å²) < 4.78 is 13.1. The number of aromatic nitrogens is 4. The van der Waals surface area contributed by atoms with Gasteiger partial charge in [0.2, 0.25) is 5.89 Å². The van der Waals surface area contributed by atoms with E-state index >= 15 is 0 Å². The molecule has 0 saturated carbocycles. The van der Waals surface area contributed by atoms with Crippen LogP contribution in [0.4, 0.5) is 0 Å². The van der Waals surface area contributed by atoms with Crippen molar-refractivity contribution in [3.8, 4) is 5.75 Å². The molecule has 8 heteroatoms. The van der Waals surface area contributed by atoms with Crippen LogP contribution in [0, 0.1) is 13.8 Å². The van der Waals surface area contributed by atoms with Crippen molar-refractivity contribution >= 4 is 16.8 Å². The van der Waals surface area contributed by atoms with Gasteiger partial charge in [-0.05, 0) is 32.0 Å². The number of rotatable bonds is 7. The number of fused-ring (bicyclic) bond motifs is 1. The Balaban J connectivity index is 1.37. The molecule has 0 aliphatic carbocycles. The highest BCUT2D eigenvalue weighted by Gasteiger charge is 2.17. The van der Waals surface area contributed by atoms with Crippen LogP contribution < -0.4 is 4.74 Å². The summed E-state index contributed by atoms with van der Waals surface area (Å²) >= 11 is 0. The van der Waals surface area contributed by atoms with E-state index in [9.17, 15) is 4.79 Å². The van der Waals surface area contributed by atoms with E-state index in [0.29, 0.717) is 24.7 Å². The first kappa shape index (κ1) is 19.6. The molecule has 3 heterocycles. The number of ether oxygens (including phenoxy) is 1. The average Bonchev–Trinajstić information content (AvgIpc) is 3.35. The fourth-order valence-corrected chi connectivity index (χ4v) is 3.25. The van der Waals surface area contributed by atoms with Gasteiger partial charge in [-0.25, -0.2) is 4.98 Å². The van der Waals surface area contributed by atoms with Gasteiger partial charge in [0.1, 0.15) is 17.5 Å². The third-order valence-corrected chi connectivity index (χ3v) is 4.81. The summed E-state index contributed by atoms with van der Waals surface area (Å²) in [6.45, 7) is 5.19. The zero-order valence-corrected chi connectivity index (χ0v) is 17.2. The summed E-state index contributed by atoms with van der Waals surface area (Å²) in [7, 11) is 1.74. The molecule has 0 aliphatic heterocycles. The molecule has 0 atom stereocenters. The zero-order valence-electron chi connectivity index (χ0n) is 17.2. The Morgan fingerprint density at radius 3 is 2.87 bits per heavy atom. The molecule has 4 rings (SSSR count). The molecule has 0 saturated heterocycles. The van der Waals surface area contributed by atoms with Crippen molar-refractivity contribution in [3.05, 3.63) is 71.8 Å². The van der Waals surface area contributed by atoms with Gasteiger partial charge in [0.05, 0.1) is 12.2 Å². The van der Waals surface area contributed by atoms with Crippen molar-refractivity contribution in [3.63, 3.8) is 0 Å². The van der Waals surface area contributed by atoms with E-state index < -0.39 is 0 Å². The van der Waals surface area contributed by atoms with E-state index in [4.69, 9.17) is 9.15 Å². The maximum Gasteiger partial charge on any atom is 0.275 e. The average molecular weight is 405 g/mol. The lowest BCUT2D eigenvalue weighted by molar-refractivity contribution is 0.0783.